The Morgan fingerprint density at radius 1 is 1.25 bits per heavy atom. The predicted octanol–water partition coefficient (Wildman–Crippen LogP) is 2.50. The SMILES string of the molecule is Cc1ccnn1-c1ncccc1-c1nc(C2CC2)no1. The fourth-order valence-corrected chi connectivity index (χ4v) is 2.18. The van der Waals surface area contributed by atoms with Crippen molar-refractivity contribution in [3.8, 4) is 17.3 Å². The molecule has 6 heteroatoms. The van der Waals surface area contributed by atoms with E-state index in [-0.39, 0.29) is 0 Å². The van der Waals surface area contributed by atoms with Crippen LogP contribution < -0.4 is 0 Å². The first-order chi connectivity index (χ1) is 9.83. The second-order valence-corrected chi connectivity index (χ2v) is 4.99. The maximum absolute atomic E-state index is 5.39. The summed E-state index contributed by atoms with van der Waals surface area (Å²) in [5.41, 5.74) is 1.81. The fraction of sp³-hybridized carbons (Fsp3) is 0.286. The molecular weight excluding hydrogens is 254 g/mol. The van der Waals surface area contributed by atoms with E-state index >= 15 is 0 Å². The molecule has 4 rings (SSSR count). The van der Waals surface area contributed by atoms with Gasteiger partial charge in [-0.05, 0) is 38.0 Å². The molecule has 0 spiro atoms. The average Bonchev–Trinajstić information content (AvgIpc) is 3.05. The van der Waals surface area contributed by atoms with Crippen molar-refractivity contribution < 1.29 is 4.52 Å². The number of nitrogens with zero attached hydrogens (tertiary/aromatic N) is 5. The van der Waals surface area contributed by atoms with Gasteiger partial charge in [0.2, 0.25) is 0 Å². The van der Waals surface area contributed by atoms with Crippen LogP contribution in [0.4, 0.5) is 0 Å². The molecule has 1 aliphatic carbocycles. The Hall–Kier alpha value is -2.50. The van der Waals surface area contributed by atoms with Gasteiger partial charge in [-0.3, -0.25) is 0 Å². The molecule has 0 aliphatic heterocycles. The van der Waals surface area contributed by atoms with Crippen molar-refractivity contribution in [2.24, 2.45) is 0 Å². The molecule has 0 radical (unpaired) electrons. The summed E-state index contributed by atoms with van der Waals surface area (Å²) < 4.78 is 7.16. The molecule has 0 unspecified atom stereocenters. The van der Waals surface area contributed by atoms with Crippen LogP contribution in [-0.4, -0.2) is 24.9 Å². The van der Waals surface area contributed by atoms with Crippen LogP contribution in [0.2, 0.25) is 0 Å². The highest BCUT2D eigenvalue weighted by molar-refractivity contribution is 5.62. The highest BCUT2D eigenvalue weighted by atomic mass is 16.5. The van der Waals surface area contributed by atoms with Crippen LogP contribution in [0.1, 0.15) is 30.3 Å². The lowest BCUT2D eigenvalue weighted by Crippen LogP contribution is -2.03. The van der Waals surface area contributed by atoms with E-state index in [2.05, 4.69) is 20.2 Å². The third kappa shape index (κ3) is 1.80. The number of aryl methyl sites for hydroxylation is 1. The Morgan fingerprint density at radius 2 is 2.15 bits per heavy atom. The highest BCUT2D eigenvalue weighted by Gasteiger charge is 2.29. The number of pyridine rings is 1. The minimum Gasteiger partial charge on any atom is -0.334 e. The summed E-state index contributed by atoms with van der Waals surface area (Å²) in [6.07, 6.45) is 5.78. The summed E-state index contributed by atoms with van der Waals surface area (Å²) in [6, 6.07) is 5.72. The molecule has 0 bridgehead atoms. The minimum absolute atomic E-state index is 0.471. The maximum atomic E-state index is 5.39. The molecule has 0 atom stereocenters. The summed E-state index contributed by atoms with van der Waals surface area (Å²) in [6.45, 7) is 1.98. The van der Waals surface area contributed by atoms with Crippen molar-refractivity contribution in [2.75, 3.05) is 0 Å². The van der Waals surface area contributed by atoms with E-state index in [0.29, 0.717) is 17.6 Å². The Bertz CT molecular complexity index is 756. The van der Waals surface area contributed by atoms with Gasteiger partial charge >= 0.3 is 0 Å². The van der Waals surface area contributed by atoms with Crippen LogP contribution in [0.15, 0.2) is 35.1 Å². The first kappa shape index (κ1) is 11.3. The van der Waals surface area contributed by atoms with Gasteiger partial charge in [0.15, 0.2) is 11.6 Å². The lowest BCUT2D eigenvalue weighted by atomic mass is 10.2. The lowest BCUT2D eigenvalue weighted by molar-refractivity contribution is 0.422. The smallest absolute Gasteiger partial charge is 0.261 e. The average molecular weight is 267 g/mol. The van der Waals surface area contributed by atoms with Crippen LogP contribution in [0.25, 0.3) is 17.3 Å². The van der Waals surface area contributed by atoms with Crippen LogP contribution in [0.3, 0.4) is 0 Å². The summed E-state index contributed by atoms with van der Waals surface area (Å²) in [5.74, 6) is 2.48. The first-order valence-electron chi connectivity index (χ1n) is 6.63. The summed E-state index contributed by atoms with van der Waals surface area (Å²) in [5, 5.41) is 8.35. The largest absolute Gasteiger partial charge is 0.334 e. The number of hydrogen-bond acceptors (Lipinski definition) is 5. The van der Waals surface area contributed by atoms with E-state index in [0.717, 1.165) is 29.9 Å². The molecule has 3 heterocycles. The molecule has 1 saturated carbocycles. The molecule has 0 saturated heterocycles. The predicted molar refractivity (Wildman–Crippen MR) is 71.4 cm³/mol. The second-order valence-electron chi connectivity index (χ2n) is 4.99. The Balaban J connectivity index is 1.83. The van der Waals surface area contributed by atoms with E-state index in [1.54, 1.807) is 17.1 Å². The molecule has 100 valence electrons. The molecule has 6 nitrogen and oxygen atoms in total. The van der Waals surface area contributed by atoms with Crippen LogP contribution in [0, 0.1) is 6.92 Å². The zero-order valence-electron chi connectivity index (χ0n) is 11.0. The normalized spacial score (nSPS) is 14.7. The maximum Gasteiger partial charge on any atom is 0.261 e. The number of hydrogen-bond donors (Lipinski definition) is 0. The van der Waals surface area contributed by atoms with Gasteiger partial charge in [0, 0.05) is 24.0 Å². The quantitative estimate of drug-likeness (QED) is 0.729. The summed E-state index contributed by atoms with van der Waals surface area (Å²) in [7, 11) is 0. The first-order valence-corrected chi connectivity index (χ1v) is 6.63. The van der Waals surface area contributed by atoms with Gasteiger partial charge in [-0.25, -0.2) is 9.67 Å². The zero-order valence-corrected chi connectivity index (χ0v) is 11.0. The van der Waals surface area contributed by atoms with E-state index < -0.39 is 0 Å². The molecule has 20 heavy (non-hydrogen) atoms. The number of rotatable bonds is 3. The van der Waals surface area contributed by atoms with Crippen LogP contribution in [0.5, 0.6) is 0 Å². The lowest BCUT2D eigenvalue weighted by Gasteiger charge is -2.06. The molecule has 0 N–H and O–H groups in total. The standard InChI is InChI=1S/C14H13N5O/c1-9-6-8-16-19(9)13-11(3-2-7-15-13)14-17-12(18-20-14)10-4-5-10/h2-3,6-8,10H,4-5H2,1H3. The molecular formula is C14H13N5O. The van der Waals surface area contributed by atoms with Gasteiger partial charge in [-0.1, -0.05) is 5.16 Å². The highest BCUT2D eigenvalue weighted by Crippen LogP contribution is 2.39. The van der Waals surface area contributed by atoms with Crippen molar-refractivity contribution in [3.05, 3.63) is 42.1 Å². The topological polar surface area (TPSA) is 69.6 Å². The van der Waals surface area contributed by atoms with E-state index in [4.69, 9.17) is 4.52 Å². The molecule has 3 aromatic rings. The molecule has 1 aliphatic rings. The second kappa shape index (κ2) is 4.26. The Kier molecular flexibility index (Phi) is 2.42. The Morgan fingerprint density at radius 3 is 2.90 bits per heavy atom. The fourth-order valence-electron chi connectivity index (χ4n) is 2.18. The van der Waals surface area contributed by atoms with Crippen molar-refractivity contribution in [1.82, 2.24) is 24.9 Å². The third-order valence-electron chi connectivity index (χ3n) is 3.43. The van der Waals surface area contributed by atoms with Crippen molar-refractivity contribution in [2.45, 2.75) is 25.7 Å². The van der Waals surface area contributed by atoms with Crippen molar-refractivity contribution in [1.29, 1.82) is 0 Å². The minimum atomic E-state index is 0.471. The monoisotopic (exact) mass is 267 g/mol. The molecule has 0 amide bonds. The van der Waals surface area contributed by atoms with Crippen molar-refractivity contribution >= 4 is 0 Å². The van der Waals surface area contributed by atoms with Crippen LogP contribution >= 0.6 is 0 Å². The van der Waals surface area contributed by atoms with Gasteiger partial charge in [0.25, 0.3) is 5.89 Å². The van der Waals surface area contributed by atoms with Gasteiger partial charge < -0.3 is 4.52 Å². The molecule has 3 aromatic heterocycles. The summed E-state index contributed by atoms with van der Waals surface area (Å²) in [4.78, 5) is 8.88. The molecule has 0 aromatic carbocycles. The Labute approximate surface area is 115 Å². The van der Waals surface area contributed by atoms with E-state index in [1.807, 2.05) is 25.1 Å². The number of aromatic nitrogens is 5. The molecule has 1 fully saturated rings. The van der Waals surface area contributed by atoms with Gasteiger partial charge in [-0.15, -0.1) is 0 Å². The van der Waals surface area contributed by atoms with Gasteiger partial charge in [-0.2, -0.15) is 10.1 Å². The van der Waals surface area contributed by atoms with E-state index in [9.17, 15) is 0 Å². The van der Waals surface area contributed by atoms with Gasteiger partial charge in [0.05, 0.1) is 5.56 Å². The zero-order chi connectivity index (χ0) is 13.5. The van der Waals surface area contributed by atoms with Crippen molar-refractivity contribution in [3.63, 3.8) is 0 Å². The third-order valence-corrected chi connectivity index (χ3v) is 3.43. The van der Waals surface area contributed by atoms with Gasteiger partial charge in [0.1, 0.15) is 0 Å². The van der Waals surface area contributed by atoms with Crippen LogP contribution in [-0.2, 0) is 0 Å². The summed E-state index contributed by atoms with van der Waals surface area (Å²) >= 11 is 0. The van der Waals surface area contributed by atoms with E-state index in [1.165, 1.54) is 0 Å².